The minimum Gasteiger partial charge on any atom is -0.491 e. The molecule has 128 valence electrons. The number of aliphatic hydroxyl groups excluding tert-OH is 1. The Labute approximate surface area is 146 Å². The summed E-state index contributed by atoms with van der Waals surface area (Å²) < 4.78 is 5.46. The van der Waals surface area contributed by atoms with Crippen molar-refractivity contribution in [3.63, 3.8) is 0 Å². The number of carboxylic acid groups (broad SMARTS) is 1. The van der Waals surface area contributed by atoms with E-state index in [0.717, 1.165) is 34.1 Å². The third-order valence-corrected chi connectivity index (χ3v) is 3.97. The van der Waals surface area contributed by atoms with Gasteiger partial charge in [0.25, 0.3) is 0 Å². The van der Waals surface area contributed by atoms with E-state index in [1.807, 2.05) is 42.5 Å². The molecular formula is C21H20O4. The maximum atomic E-state index is 11.1. The van der Waals surface area contributed by atoms with Crippen molar-refractivity contribution >= 4 is 16.7 Å². The van der Waals surface area contributed by atoms with Gasteiger partial charge in [0.2, 0.25) is 0 Å². The number of benzene rings is 3. The second-order valence-corrected chi connectivity index (χ2v) is 6.18. The topological polar surface area (TPSA) is 66.8 Å². The first-order valence-corrected chi connectivity index (χ1v) is 8.17. The van der Waals surface area contributed by atoms with E-state index in [1.54, 1.807) is 19.1 Å². The molecule has 3 aromatic carbocycles. The number of carboxylic acids is 1. The zero-order valence-corrected chi connectivity index (χ0v) is 14.0. The number of fused-ring (bicyclic) bond motifs is 1. The Morgan fingerprint density at radius 2 is 1.64 bits per heavy atom. The first-order chi connectivity index (χ1) is 12.0. The normalized spacial score (nSPS) is 12.1. The minimum atomic E-state index is -0.917. The van der Waals surface area contributed by atoms with Gasteiger partial charge in [-0.2, -0.15) is 0 Å². The Hall–Kier alpha value is -2.85. The molecule has 25 heavy (non-hydrogen) atoms. The van der Waals surface area contributed by atoms with Crippen molar-refractivity contribution in [2.24, 2.45) is 0 Å². The smallest absolute Gasteiger partial charge is 0.335 e. The predicted octanol–water partition coefficient (Wildman–Crippen LogP) is 3.89. The van der Waals surface area contributed by atoms with Gasteiger partial charge in [0.15, 0.2) is 0 Å². The van der Waals surface area contributed by atoms with Crippen LogP contribution in [0.4, 0.5) is 0 Å². The summed E-state index contributed by atoms with van der Waals surface area (Å²) in [5, 5.41) is 20.3. The van der Waals surface area contributed by atoms with Crippen molar-refractivity contribution in [3.8, 4) is 5.75 Å². The Bertz CT molecular complexity index is 882. The zero-order chi connectivity index (χ0) is 17.8. The lowest BCUT2D eigenvalue weighted by Gasteiger charge is -2.09. The number of ether oxygens (including phenoxy) is 1. The molecule has 1 atom stereocenters. The highest BCUT2D eigenvalue weighted by Crippen LogP contribution is 2.21. The zero-order valence-electron chi connectivity index (χ0n) is 14.0. The van der Waals surface area contributed by atoms with Gasteiger partial charge in [0.05, 0.1) is 11.7 Å². The van der Waals surface area contributed by atoms with Gasteiger partial charge in [-0.05, 0) is 59.5 Å². The molecule has 0 aliphatic rings. The summed E-state index contributed by atoms with van der Waals surface area (Å²) >= 11 is 0. The molecule has 0 fully saturated rings. The standard InChI is InChI=1S/C21H20O4/c1-14(22)13-25-20-8-3-15(4-9-20)10-16-2-5-17-6-7-18(21(23)24)12-19(17)11-16/h2-9,11-12,14,22H,10,13H2,1H3,(H,23,24). The van der Waals surface area contributed by atoms with Crippen molar-refractivity contribution in [2.45, 2.75) is 19.4 Å². The highest BCUT2D eigenvalue weighted by atomic mass is 16.5. The van der Waals surface area contributed by atoms with E-state index in [9.17, 15) is 9.90 Å². The average molecular weight is 336 g/mol. The summed E-state index contributed by atoms with van der Waals surface area (Å²) in [6.07, 6.45) is 0.261. The lowest BCUT2D eigenvalue weighted by molar-refractivity contribution is 0.0697. The Morgan fingerprint density at radius 3 is 2.32 bits per heavy atom. The van der Waals surface area contributed by atoms with Crippen LogP contribution in [0, 0.1) is 0 Å². The fourth-order valence-electron chi connectivity index (χ4n) is 2.70. The summed E-state index contributed by atoms with van der Waals surface area (Å²) in [5.41, 5.74) is 2.55. The molecule has 0 amide bonds. The van der Waals surface area contributed by atoms with Gasteiger partial charge in [-0.3, -0.25) is 0 Å². The molecule has 0 saturated heterocycles. The van der Waals surface area contributed by atoms with Crippen LogP contribution in [0.25, 0.3) is 10.8 Å². The molecule has 0 saturated carbocycles. The summed E-state index contributed by atoms with van der Waals surface area (Å²) in [6.45, 7) is 1.96. The fraction of sp³-hybridized carbons (Fsp3) is 0.190. The number of carbonyl (C=O) groups is 1. The molecule has 3 rings (SSSR count). The summed E-state index contributed by atoms with van der Waals surface area (Å²) in [7, 11) is 0. The lowest BCUT2D eigenvalue weighted by Crippen LogP contribution is -2.12. The number of aliphatic hydroxyl groups is 1. The second kappa shape index (κ2) is 7.36. The summed E-state index contributed by atoms with van der Waals surface area (Å²) in [5.74, 6) is -0.186. The molecule has 0 radical (unpaired) electrons. The van der Waals surface area contributed by atoms with Gasteiger partial charge in [0.1, 0.15) is 12.4 Å². The second-order valence-electron chi connectivity index (χ2n) is 6.18. The molecular weight excluding hydrogens is 316 g/mol. The van der Waals surface area contributed by atoms with Crippen LogP contribution in [-0.2, 0) is 6.42 Å². The van der Waals surface area contributed by atoms with Crippen LogP contribution in [0.15, 0.2) is 60.7 Å². The molecule has 1 unspecified atom stereocenters. The highest BCUT2D eigenvalue weighted by Gasteiger charge is 2.05. The molecule has 0 bridgehead atoms. The molecule has 3 aromatic rings. The number of hydrogen-bond acceptors (Lipinski definition) is 3. The van der Waals surface area contributed by atoms with E-state index in [4.69, 9.17) is 9.84 Å². The fourth-order valence-corrected chi connectivity index (χ4v) is 2.70. The van der Waals surface area contributed by atoms with E-state index in [1.165, 1.54) is 0 Å². The van der Waals surface area contributed by atoms with E-state index in [2.05, 4.69) is 6.07 Å². The van der Waals surface area contributed by atoms with E-state index in [-0.39, 0.29) is 6.61 Å². The van der Waals surface area contributed by atoms with Crippen LogP contribution < -0.4 is 4.74 Å². The monoisotopic (exact) mass is 336 g/mol. The van der Waals surface area contributed by atoms with Crippen molar-refractivity contribution in [1.29, 1.82) is 0 Å². The van der Waals surface area contributed by atoms with Crippen molar-refractivity contribution in [2.75, 3.05) is 6.61 Å². The number of rotatable bonds is 6. The lowest BCUT2D eigenvalue weighted by atomic mass is 10.00. The third kappa shape index (κ3) is 4.37. The maximum absolute atomic E-state index is 11.1. The summed E-state index contributed by atoms with van der Waals surface area (Å²) in [4.78, 5) is 11.1. The largest absolute Gasteiger partial charge is 0.491 e. The molecule has 0 heterocycles. The number of hydrogen-bond donors (Lipinski definition) is 2. The molecule has 4 heteroatoms. The van der Waals surface area contributed by atoms with Gasteiger partial charge in [-0.25, -0.2) is 4.79 Å². The molecule has 0 spiro atoms. The predicted molar refractivity (Wildman–Crippen MR) is 97.3 cm³/mol. The van der Waals surface area contributed by atoms with Gasteiger partial charge in [-0.1, -0.05) is 36.4 Å². The summed E-state index contributed by atoms with van der Waals surface area (Å²) in [6, 6.07) is 19.0. The van der Waals surface area contributed by atoms with Crippen molar-refractivity contribution in [3.05, 3.63) is 77.4 Å². The maximum Gasteiger partial charge on any atom is 0.335 e. The Kier molecular flexibility index (Phi) is 5.00. The van der Waals surface area contributed by atoms with E-state index < -0.39 is 12.1 Å². The molecule has 2 N–H and O–H groups in total. The molecule has 4 nitrogen and oxygen atoms in total. The van der Waals surface area contributed by atoms with Crippen LogP contribution >= 0.6 is 0 Å². The van der Waals surface area contributed by atoms with Crippen LogP contribution in [-0.4, -0.2) is 28.9 Å². The Balaban J connectivity index is 1.76. The van der Waals surface area contributed by atoms with Crippen molar-refractivity contribution < 1.29 is 19.7 Å². The molecule has 0 aromatic heterocycles. The highest BCUT2D eigenvalue weighted by molar-refractivity contribution is 5.94. The van der Waals surface area contributed by atoms with Crippen LogP contribution in [0.5, 0.6) is 5.75 Å². The quantitative estimate of drug-likeness (QED) is 0.717. The first kappa shape index (κ1) is 17.0. The van der Waals surface area contributed by atoms with Gasteiger partial charge in [-0.15, -0.1) is 0 Å². The number of aromatic carboxylic acids is 1. The first-order valence-electron chi connectivity index (χ1n) is 8.17. The third-order valence-electron chi connectivity index (χ3n) is 3.97. The van der Waals surface area contributed by atoms with E-state index in [0.29, 0.717) is 5.56 Å². The average Bonchev–Trinajstić information content (AvgIpc) is 2.60. The van der Waals surface area contributed by atoms with Crippen LogP contribution in [0.2, 0.25) is 0 Å². The van der Waals surface area contributed by atoms with Gasteiger partial charge < -0.3 is 14.9 Å². The van der Waals surface area contributed by atoms with Crippen LogP contribution in [0.1, 0.15) is 28.4 Å². The van der Waals surface area contributed by atoms with Gasteiger partial charge in [0, 0.05) is 0 Å². The van der Waals surface area contributed by atoms with Gasteiger partial charge >= 0.3 is 5.97 Å². The molecule has 0 aliphatic carbocycles. The molecule has 0 aliphatic heterocycles. The SMILES string of the molecule is CC(O)COc1ccc(Cc2ccc3ccc(C(=O)O)cc3c2)cc1. The van der Waals surface area contributed by atoms with Crippen LogP contribution in [0.3, 0.4) is 0 Å². The van der Waals surface area contributed by atoms with Crippen molar-refractivity contribution in [1.82, 2.24) is 0 Å². The Morgan fingerprint density at radius 1 is 0.960 bits per heavy atom. The minimum absolute atomic E-state index is 0.274. The van der Waals surface area contributed by atoms with E-state index >= 15 is 0 Å².